The molecule has 2 atom stereocenters. The van der Waals surface area contributed by atoms with Crippen molar-refractivity contribution in [2.75, 3.05) is 40.9 Å². The highest BCUT2D eigenvalue weighted by molar-refractivity contribution is 5.29. The summed E-state index contributed by atoms with van der Waals surface area (Å²) in [6.07, 6.45) is 1.22. The Morgan fingerprint density at radius 2 is 1.48 bits per heavy atom. The van der Waals surface area contributed by atoms with E-state index in [1.54, 1.807) is 0 Å². The Hall–Kier alpha value is -0.950. The van der Waals surface area contributed by atoms with Gasteiger partial charge in [-0.05, 0) is 23.1 Å². The van der Waals surface area contributed by atoms with Crippen LogP contribution in [0.1, 0.15) is 22.8 Å². The molecular formula is C21H28INO2. The van der Waals surface area contributed by atoms with Crippen molar-refractivity contribution in [1.29, 1.82) is 0 Å². The number of hydrogen-bond donors (Lipinski definition) is 0. The average molecular weight is 453 g/mol. The van der Waals surface area contributed by atoms with E-state index in [2.05, 4.69) is 75.7 Å². The van der Waals surface area contributed by atoms with Crippen molar-refractivity contribution < 1.29 is 37.9 Å². The normalized spacial score (nSPS) is 20.8. The molecule has 0 radical (unpaired) electrons. The highest BCUT2D eigenvalue weighted by Gasteiger charge is 2.27. The molecule has 1 aliphatic rings. The highest BCUT2D eigenvalue weighted by Crippen LogP contribution is 2.24. The Balaban J connectivity index is 0.00000225. The van der Waals surface area contributed by atoms with Crippen LogP contribution in [-0.2, 0) is 15.9 Å². The first-order chi connectivity index (χ1) is 11.5. The van der Waals surface area contributed by atoms with Crippen molar-refractivity contribution in [3.63, 3.8) is 0 Å². The number of ether oxygens (including phenoxy) is 2. The van der Waals surface area contributed by atoms with Gasteiger partial charge in [-0.2, -0.15) is 0 Å². The third-order valence-corrected chi connectivity index (χ3v) is 4.32. The topological polar surface area (TPSA) is 18.5 Å². The molecular weight excluding hydrogens is 425 g/mol. The van der Waals surface area contributed by atoms with E-state index >= 15 is 0 Å². The van der Waals surface area contributed by atoms with Crippen LogP contribution >= 0.6 is 0 Å². The van der Waals surface area contributed by atoms with Crippen molar-refractivity contribution in [3.8, 4) is 0 Å². The first-order valence-electron chi connectivity index (χ1n) is 8.66. The summed E-state index contributed by atoms with van der Waals surface area (Å²) in [7, 11) is 6.54. The second-order valence-electron chi connectivity index (χ2n) is 7.65. The lowest BCUT2D eigenvalue weighted by atomic mass is 10.0. The molecule has 3 nitrogen and oxygen atoms in total. The molecule has 1 fully saturated rings. The predicted octanol–water partition coefficient (Wildman–Crippen LogP) is 0.444. The second-order valence-corrected chi connectivity index (χ2v) is 7.65. The van der Waals surface area contributed by atoms with E-state index in [-0.39, 0.29) is 36.2 Å². The van der Waals surface area contributed by atoms with Crippen LogP contribution in [0, 0.1) is 0 Å². The lowest BCUT2D eigenvalue weighted by molar-refractivity contribution is -0.874. The van der Waals surface area contributed by atoms with Gasteiger partial charge in [0.1, 0.15) is 18.8 Å². The number of likely N-dealkylation sites (N-methyl/N-ethyl adjacent to an activating group) is 1. The standard InChI is InChI=1S/C21H28NO2.HI/c1-22(2,3)14-20-15-24-21(16-23-20)19-11-9-18(10-12-19)13-17-7-5-4-6-8-17;/h4-12,20-21H,13-16H2,1-3H3;1H/q+1;/p-1/t20-,21-;/m1./s1. The van der Waals surface area contributed by atoms with Crippen LogP contribution in [0.15, 0.2) is 54.6 Å². The molecule has 1 saturated heterocycles. The van der Waals surface area contributed by atoms with Crippen LogP contribution in [-0.4, -0.2) is 51.5 Å². The van der Waals surface area contributed by atoms with Crippen LogP contribution in [0.4, 0.5) is 0 Å². The molecule has 0 saturated carbocycles. The molecule has 0 aromatic heterocycles. The third kappa shape index (κ3) is 6.37. The second kappa shape index (κ2) is 9.12. The minimum Gasteiger partial charge on any atom is -1.00 e. The van der Waals surface area contributed by atoms with E-state index in [4.69, 9.17) is 9.47 Å². The Morgan fingerprint density at radius 1 is 0.840 bits per heavy atom. The molecule has 0 unspecified atom stereocenters. The molecule has 1 aliphatic heterocycles. The van der Waals surface area contributed by atoms with E-state index in [0.29, 0.717) is 13.2 Å². The van der Waals surface area contributed by atoms with Crippen LogP contribution in [0.5, 0.6) is 0 Å². The third-order valence-electron chi connectivity index (χ3n) is 4.32. The van der Waals surface area contributed by atoms with Crippen LogP contribution in [0.2, 0.25) is 0 Å². The predicted molar refractivity (Wildman–Crippen MR) is 97.0 cm³/mol. The van der Waals surface area contributed by atoms with Gasteiger partial charge in [0.05, 0.1) is 34.4 Å². The quantitative estimate of drug-likeness (QED) is 0.484. The summed E-state index contributed by atoms with van der Waals surface area (Å²) in [5.41, 5.74) is 3.87. The first kappa shape index (κ1) is 20.4. The van der Waals surface area contributed by atoms with Gasteiger partial charge in [0, 0.05) is 0 Å². The molecule has 136 valence electrons. The summed E-state index contributed by atoms with van der Waals surface area (Å²) in [5.74, 6) is 0. The Kier molecular flexibility index (Phi) is 7.43. The van der Waals surface area contributed by atoms with Gasteiger partial charge in [-0.1, -0.05) is 54.6 Å². The molecule has 3 rings (SSSR count). The fourth-order valence-electron chi connectivity index (χ4n) is 3.13. The molecule has 2 aromatic rings. The summed E-state index contributed by atoms with van der Waals surface area (Å²) < 4.78 is 12.9. The monoisotopic (exact) mass is 453 g/mol. The van der Waals surface area contributed by atoms with Crippen LogP contribution < -0.4 is 24.0 Å². The SMILES string of the molecule is C[N+](C)(C)C[C@@H]1CO[C@@H](c2ccc(Cc3ccccc3)cc2)CO1.[I-]. The number of halogens is 1. The molecule has 0 bridgehead atoms. The molecule has 0 N–H and O–H groups in total. The van der Waals surface area contributed by atoms with Gasteiger partial charge >= 0.3 is 0 Å². The van der Waals surface area contributed by atoms with Crippen LogP contribution in [0.3, 0.4) is 0 Å². The fourth-order valence-corrected chi connectivity index (χ4v) is 3.13. The maximum Gasteiger partial charge on any atom is 0.130 e. The summed E-state index contributed by atoms with van der Waals surface area (Å²) in [4.78, 5) is 0. The highest BCUT2D eigenvalue weighted by atomic mass is 127. The number of quaternary nitrogens is 1. The molecule has 0 amide bonds. The lowest BCUT2D eigenvalue weighted by Gasteiger charge is -2.34. The number of nitrogens with zero attached hydrogens (tertiary/aromatic N) is 1. The molecule has 1 heterocycles. The lowest BCUT2D eigenvalue weighted by Crippen LogP contribution is -3.00. The smallest absolute Gasteiger partial charge is 0.130 e. The van der Waals surface area contributed by atoms with Gasteiger partial charge < -0.3 is 37.9 Å². The van der Waals surface area contributed by atoms with E-state index < -0.39 is 0 Å². The molecule has 4 heteroatoms. The Morgan fingerprint density at radius 3 is 2.04 bits per heavy atom. The summed E-state index contributed by atoms with van der Waals surface area (Å²) in [6, 6.07) is 19.3. The van der Waals surface area contributed by atoms with Crippen molar-refractivity contribution in [1.82, 2.24) is 0 Å². The van der Waals surface area contributed by atoms with Crippen LogP contribution in [0.25, 0.3) is 0 Å². The van der Waals surface area contributed by atoms with Gasteiger partial charge in [0.2, 0.25) is 0 Å². The van der Waals surface area contributed by atoms with E-state index in [9.17, 15) is 0 Å². The minimum absolute atomic E-state index is 0. The van der Waals surface area contributed by atoms with Gasteiger partial charge in [0.25, 0.3) is 0 Å². The Bertz CT molecular complexity index is 629. The summed E-state index contributed by atoms with van der Waals surface area (Å²) in [6.45, 7) is 2.29. The van der Waals surface area contributed by atoms with Gasteiger partial charge in [-0.15, -0.1) is 0 Å². The number of hydrogen-bond acceptors (Lipinski definition) is 2. The van der Waals surface area contributed by atoms with Gasteiger partial charge in [-0.3, -0.25) is 0 Å². The zero-order chi connectivity index (χ0) is 17.0. The molecule has 0 spiro atoms. The minimum atomic E-state index is 0. The summed E-state index contributed by atoms with van der Waals surface area (Å²) in [5, 5.41) is 0. The van der Waals surface area contributed by atoms with E-state index in [1.165, 1.54) is 16.7 Å². The van der Waals surface area contributed by atoms with Crippen molar-refractivity contribution in [2.45, 2.75) is 18.6 Å². The van der Waals surface area contributed by atoms with E-state index in [1.807, 2.05) is 0 Å². The number of benzene rings is 2. The zero-order valence-electron chi connectivity index (χ0n) is 15.3. The zero-order valence-corrected chi connectivity index (χ0v) is 17.5. The number of rotatable bonds is 5. The van der Waals surface area contributed by atoms with Crippen molar-refractivity contribution in [3.05, 3.63) is 71.3 Å². The Labute approximate surface area is 168 Å². The first-order valence-corrected chi connectivity index (χ1v) is 8.66. The maximum absolute atomic E-state index is 6.05. The maximum atomic E-state index is 6.05. The molecule has 0 aliphatic carbocycles. The fraction of sp³-hybridized carbons (Fsp3) is 0.429. The average Bonchev–Trinajstić information content (AvgIpc) is 2.56. The van der Waals surface area contributed by atoms with Crippen molar-refractivity contribution in [2.24, 2.45) is 0 Å². The van der Waals surface area contributed by atoms with Gasteiger partial charge in [0.15, 0.2) is 0 Å². The summed E-state index contributed by atoms with van der Waals surface area (Å²) >= 11 is 0. The van der Waals surface area contributed by atoms with E-state index in [0.717, 1.165) is 17.4 Å². The van der Waals surface area contributed by atoms with Gasteiger partial charge in [-0.25, -0.2) is 0 Å². The molecule has 25 heavy (non-hydrogen) atoms. The molecule has 2 aromatic carbocycles. The largest absolute Gasteiger partial charge is 1.00 e. The van der Waals surface area contributed by atoms with Crippen molar-refractivity contribution >= 4 is 0 Å².